The monoisotopic (exact) mass is 227 g/mol. The Morgan fingerprint density at radius 1 is 1.47 bits per heavy atom. The van der Waals surface area contributed by atoms with E-state index in [9.17, 15) is 5.11 Å². The maximum Gasteiger partial charge on any atom is 0.0662 e. The lowest BCUT2D eigenvalue weighted by molar-refractivity contribution is 0.164. The number of aliphatic hydroxyl groups excluding tert-OH is 1. The van der Waals surface area contributed by atoms with Gasteiger partial charge in [-0.15, -0.1) is 0 Å². The molecule has 2 nitrogen and oxygen atoms in total. The second-order valence-corrected chi connectivity index (χ2v) is 4.18. The summed E-state index contributed by atoms with van der Waals surface area (Å²) < 4.78 is 0. The molecule has 0 saturated heterocycles. The lowest BCUT2D eigenvalue weighted by Gasteiger charge is -2.16. The summed E-state index contributed by atoms with van der Waals surface area (Å²) in [6, 6.07) is 7.98. The molecule has 0 aliphatic carbocycles. The topological polar surface area (TPSA) is 32.3 Å². The summed E-state index contributed by atoms with van der Waals surface area (Å²) in [6.45, 7) is 4.65. The van der Waals surface area contributed by atoms with Crippen molar-refractivity contribution < 1.29 is 5.11 Å². The van der Waals surface area contributed by atoms with Crippen molar-refractivity contribution in [2.45, 2.75) is 32.4 Å². The second kappa shape index (κ2) is 6.11. The van der Waals surface area contributed by atoms with E-state index in [2.05, 4.69) is 12.2 Å². The molecule has 2 atom stereocenters. The number of halogens is 1. The van der Waals surface area contributed by atoms with Crippen molar-refractivity contribution in [1.82, 2.24) is 5.32 Å². The second-order valence-electron chi connectivity index (χ2n) is 3.75. The number of nitrogens with one attached hydrogen (secondary N) is 1. The molecule has 2 N–H and O–H groups in total. The average molecular weight is 228 g/mol. The van der Waals surface area contributed by atoms with Gasteiger partial charge in [-0.2, -0.15) is 0 Å². The van der Waals surface area contributed by atoms with E-state index in [-0.39, 0.29) is 12.1 Å². The summed E-state index contributed by atoms with van der Waals surface area (Å²) in [7, 11) is 0. The van der Waals surface area contributed by atoms with Crippen LogP contribution in [0.5, 0.6) is 0 Å². The predicted molar refractivity (Wildman–Crippen MR) is 64.2 cm³/mol. The minimum atomic E-state index is -0.272. The van der Waals surface area contributed by atoms with Crippen LogP contribution in [0.2, 0.25) is 5.02 Å². The van der Waals surface area contributed by atoms with Crippen molar-refractivity contribution in [1.29, 1.82) is 0 Å². The van der Waals surface area contributed by atoms with Gasteiger partial charge in [0.05, 0.1) is 6.10 Å². The summed E-state index contributed by atoms with van der Waals surface area (Å²) in [6.07, 6.45) is 0.501. The summed E-state index contributed by atoms with van der Waals surface area (Å²) in [5.41, 5.74) is 1.14. The van der Waals surface area contributed by atoms with Gasteiger partial charge in [-0.3, -0.25) is 0 Å². The smallest absolute Gasteiger partial charge is 0.0662 e. The van der Waals surface area contributed by atoms with Gasteiger partial charge in [-0.05, 0) is 31.0 Å². The van der Waals surface area contributed by atoms with Gasteiger partial charge in [0, 0.05) is 17.6 Å². The Balaban J connectivity index is 2.50. The van der Waals surface area contributed by atoms with Gasteiger partial charge in [0.2, 0.25) is 0 Å². The molecule has 0 saturated carbocycles. The van der Waals surface area contributed by atoms with Crippen LogP contribution >= 0.6 is 11.6 Å². The van der Waals surface area contributed by atoms with E-state index in [1.807, 2.05) is 31.2 Å². The molecule has 1 aromatic carbocycles. The molecule has 0 amide bonds. The maximum atomic E-state index is 9.42. The van der Waals surface area contributed by atoms with Gasteiger partial charge in [0.25, 0.3) is 0 Å². The molecule has 0 aliphatic rings. The van der Waals surface area contributed by atoms with E-state index in [4.69, 9.17) is 11.6 Å². The molecule has 1 rings (SSSR count). The zero-order valence-corrected chi connectivity index (χ0v) is 9.96. The van der Waals surface area contributed by atoms with Gasteiger partial charge in [-0.25, -0.2) is 0 Å². The Labute approximate surface area is 96.3 Å². The van der Waals surface area contributed by atoms with Gasteiger partial charge >= 0.3 is 0 Å². The SMILES string of the molecule is CCC(O)CN[C@H](C)c1cccc(Cl)c1. The quantitative estimate of drug-likeness (QED) is 0.811. The molecular weight excluding hydrogens is 210 g/mol. The average Bonchev–Trinajstić information content (AvgIpc) is 2.25. The minimum absolute atomic E-state index is 0.213. The lowest BCUT2D eigenvalue weighted by Crippen LogP contribution is -2.28. The van der Waals surface area contributed by atoms with E-state index >= 15 is 0 Å². The van der Waals surface area contributed by atoms with Gasteiger partial charge in [0.15, 0.2) is 0 Å². The summed E-state index contributed by atoms with van der Waals surface area (Å²) in [4.78, 5) is 0. The molecule has 84 valence electrons. The molecule has 15 heavy (non-hydrogen) atoms. The van der Waals surface area contributed by atoms with E-state index in [1.54, 1.807) is 0 Å². The first kappa shape index (κ1) is 12.5. The van der Waals surface area contributed by atoms with Crippen LogP contribution in [0.3, 0.4) is 0 Å². The molecule has 0 spiro atoms. The molecule has 0 radical (unpaired) electrons. The number of hydrogen-bond acceptors (Lipinski definition) is 2. The van der Waals surface area contributed by atoms with Crippen LogP contribution in [-0.2, 0) is 0 Å². The number of benzene rings is 1. The van der Waals surface area contributed by atoms with E-state index < -0.39 is 0 Å². The van der Waals surface area contributed by atoms with Crippen molar-refractivity contribution in [2.75, 3.05) is 6.54 Å². The minimum Gasteiger partial charge on any atom is -0.392 e. The fourth-order valence-electron chi connectivity index (χ4n) is 1.35. The first-order valence-corrected chi connectivity index (χ1v) is 5.68. The Hall–Kier alpha value is -0.570. The third-order valence-corrected chi connectivity index (χ3v) is 2.71. The first-order chi connectivity index (χ1) is 7.13. The molecule has 0 aromatic heterocycles. The van der Waals surface area contributed by atoms with Crippen LogP contribution < -0.4 is 5.32 Å². The highest BCUT2D eigenvalue weighted by Gasteiger charge is 2.07. The van der Waals surface area contributed by atoms with E-state index in [0.717, 1.165) is 17.0 Å². The van der Waals surface area contributed by atoms with E-state index in [0.29, 0.717) is 6.54 Å². The molecule has 0 fully saturated rings. The fraction of sp³-hybridized carbons (Fsp3) is 0.500. The Morgan fingerprint density at radius 2 is 2.20 bits per heavy atom. The third-order valence-electron chi connectivity index (χ3n) is 2.48. The van der Waals surface area contributed by atoms with Crippen LogP contribution in [0.15, 0.2) is 24.3 Å². The summed E-state index contributed by atoms with van der Waals surface area (Å²) in [5.74, 6) is 0. The molecule has 0 heterocycles. The zero-order valence-electron chi connectivity index (χ0n) is 9.20. The van der Waals surface area contributed by atoms with Crippen molar-refractivity contribution in [3.63, 3.8) is 0 Å². The summed E-state index contributed by atoms with van der Waals surface area (Å²) >= 11 is 5.90. The van der Waals surface area contributed by atoms with Gasteiger partial charge in [-0.1, -0.05) is 30.7 Å². The third kappa shape index (κ3) is 4.20. The van der Waals surface area contributed by atoms with Crippen LogP contribution in [0.1, 0.15) is 31.9 Å². The predicted octanol–water partition coefficient (Wildman–Crippen LogP) is 2.76. The van der Waals surface area contributed by atoms with Crippen LogP contribution in [-0.4, -0.2) is 17.8 Å². The molecule has 0 aliphatic heterocycles. The standard InChI is InChI=1S/C12H18ClNO/c1-3-12(15)8-14-9(2)10-5-4-6-11(13)7-10/h4-7,9,12,14-15H,3,8H2,1-2H3/t9-,12?/m1/s1. The van der Waals surface area contributed by atoms with Crippen molar-refractivity contribution in [3.05, 3.63) is 34.9 Å². The Kier molecular flexibility index (Phi) is 5.09. The highest BCUT2D eigenvalue weighted by molar-refractivity contribution is 6.30. The molecule has 1 aromatic rings. The van der Waals surface area contributed by atoms with Gasteiger partial charge in [0.1, 0.15) is 0 Å². The number of rotatable bonds is 5. The van der Waals surface area contributed by atoms with Crippen molar-refractivity contribution >= 4 is 11.6 Å². The van der Waals surface area contributed by atoms with Crippen LogP contribution in [0.4, 0.5) is 0 Å². The highest BCUT2D eigenvalue weighted by atomic mass is 35.5. The van der Waals surface area contributed by atoms with E-state index in [1.165, 1.54) is 0 Å². The highest BCUT2D eigenvalue weighted by Crippen LogP contribution is 2.17. The first-order valence-electron chi connectivity index (χ1n) is 5.30. The molecule has 0 bridgehead atoms. The van der Waals surface area contributed by atoms with Crippen LogP contribution in [0, 0.1) is 0 Å². The molecule has 1 unspecified atom stereocenters. The van der Waals surface area contributed by atoms with Crippen molar-refractivity contribution in [2.24, 2.45) is 0 Å². The molecular formula is C12H18ClNO. The summed E-state index contributed by atoms with van der Waals surface area (Å²) in [5, 5.41) is 13.4. The zero-order chi connectivity index (χ0) is 11.3. The lowest BCUT2D eigenvalue weighted by atomic mass is 10.1. The van der Waals surface area contributed by atoms with Crippen molar-refractivity contribution in [3.8, 4) is 0 Å². The Morgan fingerprint density at radius 3 is 2.80 bits per heavy atom. The maximum absolute atomic E-state index is 9.42. The largest absolute Gasteiger partial charge is 0.392 e. The normalized spacial score (nSPS) is 14.9. The van der Waals surface area contributed by atoms with Crippen LogP contribution in [0.25, 0.3) is 0 Å². The van der Waals surface area contributed by atoms with Gasteiger partial charge < -0.3 is 10.4 Å². The number of aliphatic hydroxyl groups is 1. The fourth-order valence-corrected chi connectivity index (χ4v) is 1.55. The number of hydrogen-bond donors (Lipinski definition) is 2. The Bertz CT molecular complexity index is 303. The molecule has 3 heteroatoms.